The van der Waals surface area contributed by atoms with E-state index in [4.69, 9.17) is 14.6 Å². The number of allylic oxidation sites excluding steroid dienone is 1. The van der Waals surface area contributed by atoms with E-state index in [-0.39, 0.29) is 5.78 Å². The maximum atomic E-state index is 12.5. The van der Waals surface area contributed by atoms with Gasteiger partial charge in [0, 0.05) is 17.3 Å². The Morgan fingerprint density at radius 3 is 2.63 bits per heavy atom. The molecule has 1 aliphatic rings. The molecule has 5 nitrogen and oxygen atoms in total. The van der Waals surface area contributed by atoms with Gasteiger partial charge in [-0.05, 0) is 53.9 Å². The van der Waals surface area contributed by atoms with Gasteiger partial charge in [-0.1, -0.05) is 24.3 Å². The van der Waals surface area contributed by atoms with Crippen LogP contribution < -0.4 is 9.47 Å². The highest BCUT2D eigenvalue weighted by molar-refractivity contribution is 7.12. The first-order valence-corrected chi connectivity index (χ1v) is 10.5. The molecule has 5 rings (SSSR count). The number of aromatic nitrogens is 2. The fraction of sp³-hybridized carbons (Fsp3) is 0.0833. The second kappa shape index (κ2) is 8.00. The Morgan fingerprint density at radius 1 is 1.00 bits per heavy atom. The summed E-state index contributed by atoms with van der Waals surface area (Å²) in [5.41, 5.74) is 3.46. The van der Waals surface area contributed by atoms with Crippen molar-refractivity contribution in [1.29, 1.82) is 0 Å². The van der Waals surface area contributed by atoms with Gasteiger partial charge >= 0.3 is 0 Å². The third-order valence-corrected chi connectivity index (χ3v) is 5.64. The normalized spacial score (nSPS) is 12.9. The lowest BCUT2D eigenvalue weighted by Gasteiger charge is -2.18. The van der Waals surface area contributed by atoms with E-state index in [2.05, 4.69) is 0 Å². The van der Waals surface area contributed by atoms with Crippen molar-refractivity contribution in [3.8, 4) is 28.4 Å². The first kappa shape index (κ1) is 18.4. The molecule has 30 heavy (non-hydrogen) atoms. The van der Waals surface area contributed by atoms with E-state index in [9.17, 15) is 4.79 Å². The number of hydrogen-bond acceptors (Lipinski definition) is 5. The third-order valence-electron chi connectivity index (χ3n) is 4.76. The number of hydrogen-bond donors (Lipinski definition) is 0. The van der Waals surface area contributed by atoms with Crippen LogP contribution >= 0.6 is 11.3 Å². The number of fused-ring (bicyclic) bond motifs is 1. The molecule has 3 heterocycles. The molecule has 0 atom stereocenters. The predicted molar refractivity (Wildman–Crippen MR) is 118 cm³/mol. The fourth-order valence-corrected chi connectivity index (χ4v) is 3.95. The minimum Gasteiger partial charge on any atom is -0.486 e. The lowest BCUT2D eigenvalue weighted by molar-refractivity contribution is 0.105. The molecular weight excluding hydrogens is 396 g/mol. The molecule has 0 spiro atoms. The van der Waals surface area contributed by atoms with Gasteiger partial charge in [-0.3, -0.25) is 4.79 Å². The minimum atomic E-state index is -0.0226. The summed E-state index contributed by atoms with van der Waals surface area (Å²) in [6, 6.07) is 19.4. The molecule has 0 bridgehead atoms. The van der Waals surface area contributed by atoms with E-state index in [1.54, 1.807) is 6.08 Å². The third kappa shape index (κ3) is 3.65. The second-order valence-corrected chi connectivity index (χ2v) is 7.69. The van der Waals surface area contributed by atoms with Crippen molar-refractivity contribution in [3.05, 3.63) is 88.8 Å². The zero-order chi connectivity index (χ0) is 20.3. The number of carbonyl (C=O) groups is 1. The predicted octanol–water partition coefficient (Wildman–Crippen LogP) is 5.27. The van der Waals surface area contributed by atoms with E-state index < -0.39 is 0 Å². The number of thiophene rings is 1. The van der Waals surface area contributed by atoms with Gasteiger partial charge in [0.05, 0.1) is 10.6 Å². The average Bonchev–Trinajstić information content (AvgIpc) is 3.48. The molecule has 0 radical (unpaired) electrons. The van der Waals surface area contributed by atoms with Gasteiger partial charge in [0.25, 0.3) is 0 Å². The van der Waals surface area contributed by atoms with Crippen LogP contribution in [0.15, 0.2) is 78.3 Å². The van der Waals surface area contributed by atoms with E-state index in [0.29, 0.717) is 23.8 Å². The summed E-state index contributed by atoms with van der Waals surface area (Å²) in [6.45, 7) is 1.07. The summed E-state index contributed by atoms with van der Waals surface area (Å²) in [5.74, 6) is 1.42. The van der Waals surface area contributed by atoms with Crippen molar-refractivity contribution in [1.82, 2.24) is 9.78 Å². The molecule has 6 heteroatoms. The molecule has 4 aromatic rings. The van der Waals surface area contributed by atoms with E-state index >= 15 is 0 Å². The molecule has 0 fully saturated rings. The van der Waals surface area contributed by atoms with Gasteiger partial charge in [-0.2, -0.15) is 5.10 Å². The van der Waals surface area contributed by atoms with Gasteiger partial charge in [0.1, 0.15) is 18.9 Å². The van der Waals surface area contributed by atoms with Crippen molar-refractivity contribution >= 4 is 23.2 Å². The van der Waals surface area contributed by atoms with Crippen molar-refractivity contribution in [2.45, 2.75) is 0 Å². The number of carbonyl (C=O) groups excluding carboxylic acids is 1. The van der Waals surface area contributed by atoms with E-state index in [1.165, 1.54) is 11.3 Å². The molecule has 2 aromatic heterocycles. The zero-order valence-corrected chi connectivity index (χ0v) is 16.8. The van der Waals surface area contributed by atoms with Crippen LogP contribution in [0.3, 0.4) is 0 Å². The Balaban J connectivity index is 1.56. The Hall–Kier alpha value is -3.64. The molecule has 148 valence electrons. The van der Waals surface area contributed by atoms with Gasteiger partial charge in [-0.15, -0.1) is 11.3 Å². The monoisotopic (exact) mass is 414 g/mol. The van der Waals surface area contributed by atoms with Crippen LogP contribution in [0.4, 0.5) is 0 Å². The first-order valence-electron chi connectivity index (χ1n) is 9.59. The maximum absolute atomic E-state index is 12.5. The highest BCUT2D eigenvalue weighted by Crippen LogP contribution is 2.35. The summed E-state index contributed by atoms with van der Waals surface area (Å²) in [5, 5.41) is 6.70. The van der Waals surface area contributed by atoms with Crippen LogP contribution in [0, 0.1) is 0 Å². The van der Waals surface area contributed by atoms with Crippen LogP contribution in [0.25, 0.3) is 23.0 Å². The molecular formula is C24H18N2O3S. The van der Waals surface area contributed by atoms with Crippen LogP contribution in [0.1, 0.15) is 15.2 Å². The number of ether oxygens (including phenoxy) is 2. The van der Waals surface area contributed by atoms with E-state index in [0.717, 1.165) is 28.3 Å². The zero-order valence-electron chi connectivity index (χ0n) is 16.0. The molecule has 2 aromatic carbocycles. The number of ketones is 1. The van der Waals surface area contributed by atoms with Gasteiger partial charge in [0.2, 0.25) is 0 Å². The number of para-hydroxylation sites is 1. The average molecular weight is 414 g/mol. The fourth-order valence-electron chi connectivity index (χ4n) is 3.30. The van der Waals surface area contributed by atoms with Crippen LogP contribution in [-0.4, -0.2) is 28.8 Å². The maximum Gasteiger partial charge on any atom is 0.195 e. The lowest BCUT2D eigenvalue weighted by Crippen LogP contribution is -2.15. The first-order chi connectivity index (χ1) is 14.8. The van der Waals surface area contributed by atoms with Crippen molar-refractivity contribution < 1.29 is 14.3 Å². The van der Waals surface area contributed by atoms with Crippen LogP contribution in [0.2, 0.25) is 0 Å². The summed E-state index contributed by atoms with van der Waals surface area (Å²) >= 11 is 1.43. The summed E-state index contributed by atoms with van der Waals surface area (Å²) in [4.78, 5) is 13.2. The highest BCUT2D eigenvalue weighted by Gasteiger charge is 2.16. The standard InChI is InChI=1S/C24H18N2O3S/c27-20(23-7-4-14-30-23)10-8-18-16-26(19-5-2-1-3-6-19)25-24(18)17-9-11-21-22(15-17)29-13-12-28-21/h1-11,14-16H,12-13H2/b10-8+. The molecule has 0 saturated heterocycles. The lowest BCUT2D eigenvalue weighted by atomic mass is 10.1. The van der Waals surface area contributed by atoms with Gasteiger partial charge < -0.3 is 9.47 Å². The molecule has 0 aliphatic carbocycles. The van der Waals surface area contributed by atoms with Crippen molar-refractivity contribution in [3.63, 3.8) is 0 Å². The molecule has 0 saturated carbocycles. The van der Waals surface area contributed by atoms with Crippen molar-refractivity contribution in [2.75, 3.05) is 13.2 Å². The summed E-state index contributed by atoms with van der Waals surface area (Å²) in [6.07, 6.45) is 5.35. The number of nitrogens with zero attached hydrogens (tertiary/aromatic N) is 2. The number of benzene rings is 2. The Morgan fingerprint density at radius 2 is 1.83 bits per heavy atom. The Kier molecular flexibility index (Phi) is 4.91. The summed E-state index contributed by atoms with van der Waals surface area (Å²) < 4.78 is 13.2. The van der Waals surface area contributed by atoms with Crippen LogP contribution in [-0.2, 0) is 0 Å². The topological polar surface area (TPSA) is 53.4 Å². The Bertz CT molecular complexity index is 1210. The highest BCUT2D eigenvalue weighted by atomic mass is 32.1. The van der Waals surface area contributed by atoms with Gasteiger partial charge in [-0.25, -0.2) is 4.68 Å². The quantitative estimate of drug-likeness (QED) is 0.330. The second-order valence-electron chi connectivity index (χ2n) is 6.75. The largest absolute Gasteiger partial charge is 0.486 e. The van der Waals surface area contributed by atoms with Crippen molar-refractivity contribution in [2.24, 2.45) is 0 Å². The summed E-state index contributed by atoms with van der Waals surface area (Å²) in [7, 11) is 0. The Labute approximate surface area is 177 Å². The molecule has 0 unspecified atom stereocenters. The van der Waals surface area contributed by atoms with Gasteiger partial charge in [0.15, 0.2) is 17.3 Å². The molecule has 1 aliphatic heterocycles. The van der Waals surface area contributed by atoms with Crippen LogP contribution in [0.5, 0.6) is 11.5 Å². The molecule has 0 N–H and O–H groups in total. The minimum absolute atomic E-state index is 0.0226. The molecule has 0 amide bonds. The number of rotatable bonds is 5. The van der Waals surface area contributed by atoms with E-state index in [1.807, 2.05) is 83.0 Å². The smallest absolute Gasteiger partial charge is 0.195 e. The SMILES string of the molecule is O=C(/C=C/c1cn(-c2ccccc2)nc1-c1ccc2c(c1)OCCO2)c1cccs1.